The first-order valence-corrected chi connectivity index (χ1v) is 8.22. The Bertz CT molecular complexity index is 721. The van der Waals surface area contributed by atoms with Crippen molar-refractivity contribution in [3.63, 3.8) is 0 Å². The van der Waals surface area contributed by atoms with Crippen LogP contribution in [-0.4, -0.2) is 21.8 Å². The second-order valence-corrected chi connectivity index (χ2v) is 5.95. The molecule has 0 radical (unpaired) electrons. The number of benzene rings is 1. The quantitative estimate of drug-likeness (QED) is 0.398. The van der Waals surface area contributed by atoms with Crippen LogP contribution in [-0.2, 0) is 4.79 Å². The normalized spacial score (nSPS) is 11.3. The molecule has 7 heteroatoms. The molecule has 2 aromatic rings. The van der Waals surface area contributed by atoms with E-state index in [9.17, 15) is 4.79 Å². The molecule has 0 bridgehead atoms. The highest BCUT2D eigenvalue weighted by molar-refractivity contribution is 6.35. The molecule has 1 heterocycles. The van der Waals surface area contributed by atoms with E-state index in [1.807, 2.05) is 18.2 Å². The lowest BCUT2D eigenvalue weighted by Crippen LogP contribution is -2.07. The number of hydrazone groups is 1. The Balaban J connectivity index is 2.12. The van der Waals surface area contributed by atoms with Gasteiger partial charge in [0.25, 0.3) is 0 Å². The second-order valence-electron chi connectivity index (χ2n) is 5.11. The highest BCUT2D eigenvalue weighted by Crippen LogP contribution is 2.25. The van der Waals surface area contributed by atoms with E-state index in [2.05, 4.69) is 15.5 Å². The van der Waals surface area contributed by atoms with E-state index in [0.29, 0.717) is 35.0 Å². The summed E-state index contributed by atoms with van der Waals surface area (Å²) in [6, 6.07) is 10.6. The molecule has 0 amide bonds. The molecule has 2 N–H and O–H groups in total. The summed E-state index contributed by atoms with van der Waals surface area (Å²) in [5.41, 5.74) is 4.99. The maximum Gasteiger partial charge on any atom is 0.303 e. The first kappa shape index (κ1) is 18.2. The van der Waals surface area contributed by atoms with Crippen LogP contribution in [0.2, 0.25) is 10.0 Å². The zero-order valence-electron chi connectivity index (χ0n) is 12.9. The molecule has 0 aliphatic rings. The van der Waals surface area contributed by atoms with Crippen LogP contribution >= 0.6 is 23.2 Å². The molecule has 1 aromatic carbocycles. The van der Waals surface area contributed by atoms with Gasteiger partial charge in [-0.15, -0.1) is 0 Å². The largest absolute Gasteiger partial charge is 0.481 e. The van der Waals surface area contributed by atoms with Crippen molar-refractivity contribution < 1.29 is 9.90 Å². The third-order valence-corrected chi connectivity index (χ3v) is 3.82. The monoisotopic (exact) mass is 365 g/mol. The topological polar surface area (TPSA) is 74.6 Å². The zero-order valence-corrected chi connectivity index (χ0v) is 14.4. The summed E-state index contributed by atoms with van der Waals surface area (Å²) < 4.78 is 0. The number of aromatic nitrogens is 1. The van der Waals surface area contributed by atoms with Gasteiger partial charge in [-0.25, -0.2) is 0 Å². The second kappa shape index (κ2) is 9.25. The minimum atomic E-state index is -0.796. The lowest BCUT2D eigenvalue weighted by atomic mass is 10.1. The molecule has 0 aliphatic carbocycles. The molecule has 0 saturated heterocycles. The first-order chi connectivity index (χ1) is 11.6. The minimum Gasteiger partial charge on any atom is -0.481 e. The molecule has 126 valence electrons. The van der Waals surface area contributed by atoms with Crippen LogP contribution in [0.15, 0.2) is 47.7 Å². The Morgan fingerprint density at radius 2 is 1.96 bits per heavy atom. The van der Waals surface area contributed by atoms with E-state index < -0.39 is 5.97 Å². The summed E-state index contributed by atoms with van der Waals surface area (Å²) in [6.07, 6.45) is 3.72. The molecule has 0 spiro atoms. The molecule has 0 unspecified atom stereocenters. The fraction of sp³-hybridized carbons (Fsp3) is 0.235. The van der Waals surface area contributed by atoms with Crippen LogP contribution in [0.25, 0.3) is 0 Å². The smallest absolute Gasteiger partial charge is 0.303 e. The Morgan fingerprint density at radius 1 is 1.17 bits per heavy atom. The highest BCUT2D eigenvalue weighted by atomic mass is 35.5. The van der Waals surface area contributed by atoms with Crippen molar-refractivity contribution in [2.75, 3.05) is 5.43 Å². The number of aliphatic carboxylic acids is 1. The summed E-state index contributed by atoms with van der Waals surface area (Å²) in [4.78, 5) is 14.9. The fourth-order valence-corrected chi connectivity index (χ4v) is 2.39. The van der Waals surface area contributed by atoms with Crippen LogP contribution in [0.5, 0.6) is 0 Å². The van der Waals surface area contributed by atoms with Gasteiger partial charge in [-0.2, -0.15) is 5.10 Å². The van der Waals surface area contributed by atoms with Crippen molar-refractivity contribution in [1.29, 1.82) is 0 Å². The van der Waals surface area contributed by atoms with E-state index in [0.717, 1.165) is 11.4 Å². The van der Waals surface area contributed by atoms with E-state index >= 15 is 0 Å². The van der Waals surface area contributed by atoms with Crippen molar-refractivity contribution in [2.45, 2.75) is 25.7 Å². The number of carboxylic acid groups (broad SMARTS) is 1. The average molecular weight is 366 g/mol. The third kappa shape index (κ3) is 5.83. The number of nitrogens with zero attached hydrogens (tertiary/aromatic N) is 2. The van der Waals surface area contributed by atoms with Gasteiger partial charge in [-0.3, -0.25) is 15.2 Å². The number of unbranched alkanes of at least 4 members (excludes halogenated alkanes) is 1. The van der Waals surface area contributed by atoms with E-state index in [-0.39, 0.29) is 6.42 Å². The van der Waals surface area contributed by atoms with Crippen LogP contribution < -0.4 is 5.43 Å². The molecular weight excluding hydrogens is 349 g/mol. The number of anilines is 1. The van der Waals surface area contributed by atoms with Gasteiger partial charge >= 0.3 is 5.97 Å². The van der Waals surface area contributed by atoms with Crippen molar-refractivity contribution in [2.24, 2.45) is 5.10 Å². The first-order valence-electron chi connectivity index (χ1n) is 7.47. The molecule has 2 rings (SSSR count). The minimum absolute atomic E-state index is 0.142. The maximum atomic E-state index is 10.6. The highest BCUT2D eigenvalue weighted by Gasteiger charge is 2.07. The SMILES string of the molecule is O=C(O)CCCCC(=NNc1cc(Cl)ccc1Cl)c1ccccn1. The van der Waals surface area contributed by atoms with Gasteiger partial charge in [0.05, 0.1) is 22.1 Å². The Kier molecular flexibility index (Phi) is 7.03. The number of carboxylic acids is 1. The molecule has 24 heavy (non-hydrogen) atoms. The van der Waals surface area contributed by atoms with Gasteiger partial charge in [-0.05, 0) is 49.6 Å². The molecule has 5 nitrogen and oxygen atoms in total. The summed E-state index contributed by atoms with van der Waals surface area (Å²) in [6.45, 7) is 0. The standard InChI is InChI=1S/C17H17Cl2N3O2/c18-12-8-9-13(19)16(11-12)22-21-15(6-1-2-7-17(23)24)14-5-3-4-10-20-14/h3-5,8-11,22H,1-2,6-7H2,(H,23,24). The van der Waals surface area contributed by atoms with Gasteiger partial charge in [-0.1, -0.05) is 29.3 Å². The molecule has 0 fully saturated rings. The van der Waals surface area contributed by atoms with E-state index in [4.69, 9.17) is 28.3 Å². The molecule has 1 aromatic heterocycles. The maximum absolute atomic E-state index is 10.6. The summed E-state index contributed by atoms with van der Waals surface area (Å²) in [7, 11) is 0. The summed E-state index contributed by atoms with van der Waals surface area (Å²) in [5, 5.41) is 14.2. The Morgan fingerprint density at radius 3 is 2.67 bits per heavy atom. The van der Waals surface area contributed by atoms with Gasteiger partial charge in [0.2, 0.25) is 0 Å². The van der Waals surface area contributed by atoms with E-state index in [1.54, 1.807) is 24.4 Å². The number of pyridine rings is 1. The lowest BCUT2D eigenvalue weighted by Gasteiger charge is -2.08. The van der Waals surface area contributed by atoms with Gasteiger partial charge in [0.1, 0.15) is 0 Å². The number of hydrogen-bond acceptors (Lipinski definition) is 4. The number of carbonyl (C=O) groups is 1. The Labute approximate surface area is 150 Å². The molecule has 0 saturated carbocycles. The van der Waals surface area contributed by atoms with Crippen LogP contribution in [0.4, 0.5) is 5.69 Å². The third-order valence-electron chi connectivity index (χ3n) is 3.25. The number of halogens is 2. The molecule has 0 aliphatic heterocycles. The van der Waals surface area contributed by atoms with Crippen molar-refractivity contribution in [3.05, 3.63) is 58.3 Å². The van der Waals surface area contributed by atoms with Gasteiger partial charge in [0.15, 0.2) is 0 Å². The molecule has 0 atom stereocenters. The predicted molar refractivity (Wildman–Crippen MR) is 97.0 cm³/mol. The number of nitrogens with one attached hydrogen (secondary N) is 1. The van der Waals surface area contributed by atoms with Crippen LogP contribution in [0.1, 0.15) is 31.4 Å². The zero-order chi connectivity index (χ0) is 17.4. The van der Waals surface area contributed by atoms with Crippen molar-refractivity contribution in [1.82, 2.24) is 4.98 Å². The lowest BCUT2D eigenvalue weighted by molar-refractivity contribution is -0.137. The average Bonchev–Trinajstić information content (AvgIpc) is 2.57. The predicted octanol–water partition coefficient (Wildman–Crippen LogP) is 4.85. The number of hydrogen-bond donors (Lipinski definition) is 2. The number of rotatable bonds is 8. The van der Waals surface area contributed by atoms with Crippen LogP contribution in [0, 0.1) is 0 Å². The summed E-state index contributed by atoms with van der Waals surface area (Å²) >= 11 is 12.1. The van der Waals surface area contributed by atoms with Gasteiger partial charge < -0.3 is 5.11 Å². The van der Waals surface area contributed by atoms with E-state index in [1.165, 1.54) is 0 Å². The summed E-state index contributed by atoms with van der Waals surface area (Å²) in [5.74, 6) is -0.796. The molecular formula is C17H17Cl2N3O2. The van der Waals surface area contributed by atoms with Crippen molar-refractivity contribution in [3.8, 4) is 0 Å². The van der Waals surface area contributed by atoms with Crippen molar-refractivity contribution >= 4 is 40.6 Å². The van der Waals surface area contributed by atoms with Gasteiger partial charge in [0, 0.05) is 17.6 Å². The fourth-order valence-electron chi connectivity index (χ4n) is 2.05. The Hall–Kier alpha value is -2.11. The van der Waals surface area contributed by atoms with Crippen LogP contribution in [0.3, 0.4) is 0 Å².